The second-order valence-electron chi connectivity index (χ2n) is 3.64. The highest BCUT2D eigenvalue weighted by Crippen LogP contribution is 2.28. The van der Waals surface area contributed by atoms with Crippen LogP contribution in [0.3, 0.4) is 0 Å². The third kappa shape index (κ3) is 2.52. The molecule has 0 saturated heterocycles. The number of hydrogen-bond acceptors (Lipinski definition) is 4. The zero-order chi connectivity index (χ0) is 13.7. The summed E-state index contributed by atoms with van der Waals surface area (Å²) in [5.41, 5.74) is 1.10. The standard InChI is InChI=1S/C15H7N3O/c16-8-11-4-6-14(7-5-11)19-15-12(9-17)2-1-3-13(15)10-18/h1-7H. The Kier molecular flexibility index (Phi) is 3.44. The molecule has 0 bridgehead atoms. The summed E-state index contributed by atoms with van der Waals surface area (Å²) >= 11 is 0. The first-order valence-corrected chi connectivity index (χ1v) is 5.39. The number of nitrogens with zero attached hydrogens (tertiary/aromatic N) is 3. The maximum Gasteiger partial charge on any atom is 0.162 e. The number of hydrogen-bond donors (Lipinski definition) is 0. The van der Waals surface area contributed by atoms with Crippen LogP contribution in [-0.4, -0.2) is 0 Å². The number of benzene rings is 2. The topological polar surface area (TPSA) is 80.6 Å². The van der Waals surface area contributed by atoms with Crippen molar-refractivity contribution in [1.29, 1.82) is 15.8 Å². The van der Waals surface area contributed by atoms with Crippen LogP contribution in [0.4, 0.5) is 0 Å². The van der Waals surface area contributed by atoms with Crippen LogP contribution in [0, 0.1) is 34.0 Å². The first-order valence-electron chi connectivity index (χ1n) is 5.39. The van der Waals surface area contributed by atoms with E-state index in [0.717, 1.165) is 0 Å². The van der Waals surface area contributed by atoms with Gasteiger partial charge in [0.25, 0.3) is 0 Å². The molecular weight excluding hydrogens is 238 g/mol. The van der Waals surface area contributed by atoms with Gasteiger partial charge in [-0.05, 0) is 36.4 Å². The van der Waals surface area contributed by atoms with E-state index in [4.69, 9.17) is 20.5 Å². The molecule has 0 aromatic heterocycles. The Morgan fingerprint density at radius 2 is 1.32 bits per heavy atom. The van der Waals surface area contributed by atoms with E-state index in [1.54, 1.807) is 42.5 Å². The molecule has 2 rings (SSSR count). The van der Waals surface area contributed by atoms with Crippen molar-refractivity contribution < 1.29 is 4.74 Å². The molecule has 4 nitrogen and oxygen atoms in total. The quantitative estimate of drug-likeness (QED) is 0.814. The fourth-order valence-electron chi connectivity index (χ4n) is 1.54. The van der Waals surface area contributed by atoms with Gasteiger partial charge >= 0.3 is 0 Å². The normalized spacial score (nSPS) is 8.89. The van der Waals surface area contributed by atoms with E-state index >= 15 is 0 Å². The Balaban J connectivity index is 2.41. The molecule has 0 unspecified atom stereocenters. The largest absolute Gasteiger partial charge is 0.455 e. The lowest BCUT2D eigenvalue weighted by atomic mass is 10.1. The second-order valence-corrected chi connectivity index (χ2v) is 3.64. The van der Waals surface area contributed by atoms with Crippen molar-refractivity contribution in [3.8, 4) is 29.7 Å². The number of ether oxygens (including phenoxy) is 1. The van der Waals surface area contributed by atoms with E-state index in [9.17, 15) is 0 Å². The minimum Gasteiger partial charge on any atom is -0.455 e. The molecule has 2 aromatic rings. The van der Waals surface area contributed by atoms with Crippen LogP contribution >= 0.6 is 0 Å². The van der Waals surface area contributed by atoms with E-state index in [-0.39, 0.29) is 5.75 Å². The van der Waals surface area contributed by atoms with E-state index < -0.39 is 0 Å². The third-order valence-corrected chi connectivity index (χ3v) is 2.46. The van der Waals surface area contributed by atoms with Crippen LogP contribution in [0.15, 0.2) is 42.5 Å². The Bertz CT molecular complexity index is 696. The summed E-state index contributed by atoms with van der Waals surface area (Å²) in [6.45, 7) is 0. The van der Waals surface area contributed by atoms with Gasteiger partial charge in [-0.25, -0.2) is 0 Å². The van der Waals surface area contributed by atoms with Gasteiger partial charge in [0.2, 0.25) is 0 Å². The van der Waals surface area contributed by atoms with Crippen LogP contribution in [0.5, 0.6) is 11.5 Å². The monoisotopic (exact) mass is 245 g/mol. The summed E-state index contributed by atoms with van der Waals surface area (Å²) in [5, 5.41) is 26.7. The van der Waals surface area contributed by atoms with Gasteiger partial charge in [-0.3, -0.25) is 0 Å². The average molecular weight is 245 g/mol. The molecule has 0 radical (unpaired) electrons. The van der Waals surface area contributed by atoms with Gasteiger partial charge in [0.15, 0.2) is 5.75 Å². The molecule has 88 valence electrons. The molecule has 0 amide bonds. The number of rotatable bonds is 2. The Morgan fingerprint density at radius 1 is 0.737 bits per heavy atom. The summed E-state index contributed by atoms with van der Waals surface area (Å²) in [7, 11) is 0. The van der Waals surface area contributed by atoms with Crippen LogP contribution in [0.1, 0.15) is 16.7 Å². The predicted octanol–water partition coefficient (Wildman–Crippen LogP) is 3.09. The minimum absolute atomic E-state index is 0.234. The van der Waals surface area contributed by atoms with Crippen molar-refractivity contribution in [1.82, 2.24) is 0 Å². The molecule has 0 spiro atoms. The third-order valence-electron chi connectivity index (χ3n) is 2.46. The molecule has 0 aliphatic heterocycles. The average Bonchev–Trinajstić information content (AvgIpc) is 2.48. The molecule has 0 atom stereocenters. The van der Waals surface area contributed by atoms with Crippen LogP contribution in [-0.2, 0) is 0 Å². The highest BCUT2D eigenvalue weighted by atomic mass is 16.5. The van der Waals surface area contributed by atoms with Crippen molar-refractivity contribution in [2.45, 2.75) is 0 Å². The summed E-state index contributed by atoms with van der Waals surface area (Å²) in [6.07, 6.45) is 0. The summed E-state index contributed by atoms with van der Waals surface area (Å²) in [5.74, 6) is 0.704. The van der Waals surface area contributed by atoms with E-state index in [1.165, 1.54) is 0 Å². The molecule has 0 saturated carbocycles. The van der Waals surface area contributed by atoms with Crippen molar-refractivity contribution in [2.24, 2.45) is 0 Å². The summed E-state index contributed by atoms with van der Waals surface area (Å²) < 4.78 is 5.57. The number of nitriles is 3. The smallest absolute Gasteiger partial charge is 0.162 e. The van der Waals surface area contributed by atoms with Gasteiger partial charge in [-0.1, -0.05) is 6.07 Å². The van der Waals surface area contributed by atoms with Crippen molar-refractivity contribution in [3.05, 3.63) is 59.2 Å². The lowest BCUT2D eigenvalue weighted by Crippen LogP contribution is -1.92. The Labute approximate surface area is 110 Å². The zero-order valence-corrected chi connectivity index (χ0v) is 9.79. The molecule has 0 aliphatic carbocycles. The maximum atomic E-state index is 9.02. The molecule has 0 N–H and O–H groups in total. The van der Waals surface area contributed by atoms with Crippen LogP contribution in [0.2, 0.25) is 0 Å². The fourth-order valence-corrected chi connectivity index (χ4v) is 1.54. The maximum absolute atomic E-state index is 9.02. The Morgan fingerprint density at radius 3 is 1.79 bits per heavy atom. The van der Waals surface area contributed by atoms with Gasteiger partial charge in [-0.2, -0.15) is 15.8 Å². The lowest BCUT2D eigenvalue weighted by Gasteiger charge is -2.08. The second kappa shape index (κ2) is 5.36. The van der Waals surface area contributed by atoms with Crippen molar-refractivity contribution in [3.63, 3.8) is 0 Å². The summed E-state index contributed by atoms with van der Waals surface area (Å²) in [4.78, 5) is 0. The van der Waals surface area contributed by atoms with Gasteiger partial charge in [0, 0.05) is 0 Å². The van der Waals surface area contributed by atoms with Crippen LogP contribution in [0.25, 0.3) is 0 Å². The highest BCUT2D eigenvalue weighted by Gasteiger charge is 2.10. The van der Waals surface area contributed by atoms with Gasteiger partial charge in [-0.15, -0.1) is 0 Å². The van der Waals surface area contributed by atoms with E-state index in [0.29, 0.717) is 22.4 Å². The molecule has 0 aliphatic rings. The SMILES string of the molecule is N#Cc1ccc(Oc2c(C#N)cccc2C#N)cc1. The predicted molar refractivity (Wildman–Crippen MR) is 67.1 cm³/mol. The van der Waals surface area contributed by atoms with Gasteiger partial charge in [0.05, 0.1) is 22.8 Å². The van der Waals surface area contributed by atoms with Gasteiger partial charge in [0.1, 0.15) is 17.9 Å². The lowest BCUT2D eigenvalue weighted by molar-refractivity contribution is 0.479. The number of para-hydroxylation sites is 1. The molecular formula is C15H7N3O. The Hall–Kier alpha value is -3.29. The molecule has 2 aromatic carbocycles. The molecule has 0 heterocycles. The fraction of sp³-hybridized carbons (Fsp3) is 0. The highest BCUT2D eigenvalue weighted by molar-refractivity contribution is 5.55. The molecule has 4 heteroatoms. The van der Waals surface area contributed by atoms with Crippen molar-refractivity contribution in [2.75, 3.05) is 0 Å². The summed E-state index contributed by atoms with van der Waals surface area (Å²) in [6, 6.07) is 17.2. The van der Waals surface area contributed by atoms with E-state index in [2.05, 4.69) is 0 Å². The zero-order valence-electron chi connectivity index (χ0n) is 9.79. The van der Waals surface area contributed by atoms with E-state index in [1.807, 2.05) is 18.2 Å². The first-order chi connectivity index (χ1) is 9.28. The van der Waals surface area contributed by atoms with Crippen molar-refractivity contribution >= 4 is 0 Å². The first kappa shape index (κ1) is 12.2. The molecule has 0 fully saturated rings. The van der Waals surface area contributed by atoms with Gasteiger partial charge < -0.3 is 4.74 Å². The van der Waals surface area contributed by atoms with Crippen LogP contribution < -0.4 is 4.74 Å². The minimum atomic E-state index is 0.234. The molecule has 19 heavy (non-hydrogen) atoms.